The van der Waals surface area contributed by atoms with Gasteiger partial charge in [0, 0.05) is 11.3 Å². The van der Waals surface area contributed by atoms with Crippen molar-refractivity contribution in [2.45, 2.75) is 20.3 Å². The molecule has 0 bridgehead atoms. The van der Waals surface area contributed by atoms with Crippen molar-refractivity contribution >= 4 is 28.9 Å². The molecule has 5 nitrogen and oxygen atoms in total. The van der Waals surface area contributed by atoms with Crippen LogP contribution < -0.4 is 20.1 Å². The lowest BCUT2D eigenvalue weighted by atomic mass is 10.2. The van der Waals surface area contributed by atoms with E-state index in [-0.39, 0.29) is 11.0 Å². The summed E-state index contributed by atoms with van der Waals surface area (Å²) in [6.45, 7) is 8.87. The Kier molecular flexibility index (Phi) is 7.82. The Hall–Kier alpha value is -2.86. The molecule has 2 N–H and O–H groups in total. The van der Waals surface area contributed by atoms with Crippen molar-refractivity contribution in [2.24, 2.45) is 0 Å². The highest BCUT2D eigenvalue weighted by Crippen LogP contribution is 2.16. The molecule has 0 spiro atoms. The molecule has 27 heavy (non-hydrogen) atoms. The van der Waals surface area contributed by atoms with Crippen LogP contribution in [0.4, 0.5) is 5.69 Å². The van der Waals surface area contributed by atoms with Gasteiger partial charge in [0.1, 0.15) is 18.1 Å². The number of hydrogen-bond acceptors (Lipinski definition) is 4. The zero-order chi connectivity index (χ0) is 19.6. The predicted molar refractivity (Wildman–Crippen MR) is 113 cm³/mol. The fraction of sp³-hybridized carbons (Fsp3) is 0.238. The topological polar surface area (TPSA) is 59.6 Å². The maximum atomic E-state index is 12.3. The van der Waals surface area contributed by atoms with E-state index in [1.807, 2.05) is 38.1 Å². The normalized spacial score (nSPS) is 10.0. The Morgan fingerprint density at radius 1 is 1.04 bits per heavy atom. The van der Waals surface area contributed by atoms with E-state index in [0.717, 1.165) is 29.2 Å². The van der Waals surface area contributed by atoms with Gasteiger partial charge in [-0.1, -0.05) is 13.5 Å². The summed E-state index contributed by atoms with van der Waals surface area (Å²) >= 11 is 5.20. The number of hydrogen-bond donors (Lipinski definition) is 2. The molecule has 0 aliphatic carbocycles. The molecule has 2 aromatic carbocycles. The molecular weight excluding hydrogens is 360 g/mol. The molecule has 2 rings (SSSR count). The summed E-state index contributed by atoms with van der Waals surface area (Å²) in [5, 5.41) is 5.86. The van der Waals surface area contributed by atoms with E-state index in [9.17, 15) is 4.79 Å². The van der Waals surface area contributed by atoms with Crippen molar-refractivity contribution in [1.82, 2.24) is 5.32 Å². The Morgan fingerprint density at radius 2 is 1.63 bits per heavy atom. The van der Waals surface area contributed by atoms with Gasteiger partial charge in [-0.2, -0.15) is 0 Å². The lowest BCUT2D eigenvalue weighted by Gasteiger charge is -2.11. The van der Waals surface area contributed by atoms with Crippen LogP contribution in [0.2, 0.25) is 0 Å². The molecule has 0 aliphatic heterocycles. The van der Waals surface area contributed by atoms with Crippen LogP contribution in [0.5, 0.6) is 11.5 Å². The third-order valence-corrected chi connectivity index (χ3v) is 3.62. The molecule has 0 unspecified atom stereocenters. The van der Waals surface area contributed by atoms with Crippen LogP contribution in [0.3, 0.4) is 0 Å². The van der Waals surface area contributed by atoms with Gasteiger partial charge in [0.15, 0.2) is 5.11 Å². The van der Waals surface area contributed by atoms with Gasteiger partial charge < -0.3 is 14.8 Å². The minimum atomic E-state index is -0.282. The predicted octanol–water partition coefficient (Wildman–Crippen LogP) is 4.56. The summed E-state index contributed by atoms with van der Waals surface area (Å²) in [6, 6.07) is 14.2. The molecule has 0 aliphatic rings. The summed E-state index contributed by atoms with van der Waals surface area (Å²) in [5.74, 6) is 1.20. The van der Waals surface area contributed by atoms with Gasteiger partial charge in [0.05, 0.1) is 6.61 Å². The summed E-state index contributed by atoms with van der Waals surface area (Å²) in [6.07, 6.45) is 0.934. The average molecular weight is 385 g/mol. The number of anilines is 1. The van der Waals surface area contributed by atoms with Crippen LogP contribution in [0, 0.1) is 0 Å². The minimum absolute atomic E-state index is 0.224. The highest BCUT2D eigenvalue weighted by molar-refractivity contribution is 7.80. The van der Waals surface area contributed by atoms with Crippen LogP contribution >= 0.6 is 12.2 Å². The molecule has 0 atom stereocenters. The molecular formula is C21H24N2O3S. The zero-order valence-electron chi connectivity index (χ0n) is 15.6. The van der Waals surface area contributed by atoms with Gasteiger partial charge in [-0.3, -0.25) is 10.1 Å². The minimum Gasteiger partial charge on any atom is -0.494 e. The van der Waals surface area contributed by atoms with Gasteiger partial charge in [0.2, 0.25) is 0 Å². The van der Waals surface area contributed by atoms with Gasteiger partial charge in [0.25, 0.3) is 5.91 Å². The molecule has 1 amide bonds. The second-order valence-corrected chi connectivity index (χ2v) is 6.46. The highest BCUT2D eigenvalue weighted by atomic mass is 32.1. The Labute approximate surface area is 165 Å². The standard InChI is InChI=1S/C21H24N2O3S/c1-4-13-25-18-9-5-16(6-10-18)20(24)23-21(27)22-17-7-11-19(12-8-17)26-14-15(2)3/h5-12H,2,4,13-14H2,1,3H3,(H2,22,23,24,27). The van der Waals surface area contributed by atoms with Crippen LogP contribution in [0.15, 0.2) is 60.7 Å². The number of rotatable bonds is 8. The largest absolute Gasteiger partial charge is 0.494 e. The average Bonchev–Trinajstić information content (AvgIpc) is 2.66. The number of benzene rings is 2. The number of thiocarbonyl (C=S) groups is 1. The molecule has 0 heterocycles. The van der Waals surface area contributed by atoms with E-state index in [1.54, 1.807) is 24.3 Å². The van der Waals surface area contributed by atoms with Crippen LogP contribution in [-0.2, 0) is 0 Å². The van der Waals surface area contributed by atoms with Gasteiger partial charge >= 0.3 is 0 Å². The first-order valence-electron chi connectivity index (χ1n) is 8.70. The van der Waals surface area contributed by atoms with Crippen molar-refractivity contribution < 1.29 is 14.3 Å². The first-order chi connectivity index (χ1) is 13.0. The van der Waals surface area contributed by atoms with E-state index >= 15 is 0 Å². The molecule has 2 aromatic rings. The van der Waals surface area contributed by atoms with Crippen molar-refractivity contribution in [3.8, 4) is 11.5 Å². The van der Waals surface area contributed by atoms with Crippen molar-refractivity contribution in [1.29, 1.82) is 0 Å². The second-order valence-electron chi connectivity index (χ2n) is 6.05. The Morgan fingerprint density at radius 3 is 2.22 bits per heavy atom. The molecule has 0 fully saturated rings. The van der Waals surface area contributed by atoms with Crippen molar-refractivity contribution in [3.63, 3.8) is 0 Å². The highest BCUT2D eigenvalue weighted by Gasteiger charge is 2.08. The van der Waals surface area contributed by atoms with E-state index in [1.165, 1.54) is 0 Å². The van der Waals surface area contributed by atoms with Crippen molar-refractivity contribution in [3.05, 3.63) is 66.2 Å². The molecule has 6 heteroatoms. The van der Waals surface area contributed by atoms with E-state index in [4.69, 9.17) is 21.7 Å². The molecule has 0 saturated carbocycles. The molecule has 0 saturated heterocycles. The first kappa shape index (κ1) is 20.5. The summed E-state index contributed by atoms with van der Waals surface area (Å²) in [7, 11) is 0. The van der Waals surface area contributed by atoms with Crippen molar-refractivity contribution in [2.75, 3.05) is 18.5 Å². The maximum absolute atomic E-state index is 12.3. The summed E-state index contributed by atoms with van der Waals surface area (Å²) in [4.78, 5) is 12.3. The number of carbonyl (C=O) groups excluding carboxylic acids is 1. The monoisotopic (exact) mass is 384 g/mol. The Bertz CT molecular complexity index is 786. The van der Waals surface area contributed by atoms with Crippen LogP contribution in [0.1, 0.15) is 30.6 Å². The zero-order valence-corrected chi connectivity index (χ0v) is 16.4. The summed E-state index contributed by atoms with van der Waals surface area (Å²) < 4.78 is 11.0. The maximum Gasteiger partial charge on any atom is 0.257 e. The van der Waals surface area contributed by atoms with E-state index in [0.29, 0.717) is 18.8 Å². The molecule has 142 valence electrons. The molecule has 0 aromatic heterocycles. The number of ether oxygens (including phenoxy) is 2. The van der Waals surface area contributed by atoms with E-state index < -0.39 is 0 Å². The van der Waals surface area contributed by atoms with Crippen LogP contribution in [0.25, 0.3) is 0 Å². The van der Waals surface area contributed by atoms with Crippen LogP contribution in [-0.4, -0.2) is 24.2 Å². The third-order valence-electron chi connectivity index (χ3n) is 3.41. The lowest BCUT2D eigenvalue weighted by molar-refractivity contribution is 0.0977. The third kappa shape index (κ3) is 7.11. The lowest BCUT2D eigenvalue weighted by Crippen LogP contribution is -2.34. The quantitative estimate of drug-likeness (QED) is 0.516. The van der Waals surface area contributed by atoms with E-state index in [2.05, 4.69) is 17.2 Å². The smallest absolute Gasteiger partial charge is 0.257 e. The number of carbonyl (C=O) groups is 1. The SMILES string of the molecule is C=C(C)COc1ccc(NC(=S)NC(=O)c2ccc(OCCC)cc2)cc1. The fourth-order valence-electron chi connectivity index (χ4n) is 2.10. The Balaban J connectivity index is 1.85. The summed E-state index contributed by atoms with van der Waals surface area (Å²) in [5.41, 5.74) is 2.21. The second kappa shape index (κ2) is 10.3. The number of nitrogens with one attached hydrogen (secondary N) is 2. The first-order valence-corrected chi connectivity index (χ1v) is 9.11. The molecule has 0 radical (unpaired) electrons. The number of amides is 1. The van der Waals surface area contributed by atoms with Gasteiger partial charge in [-0.05, 0) is 79.7 Å². The van der Waals surface area contributed by atoms with Gasteiger partial charge in [-0.25, -0.2) is 0 Å². The fourth-order valence-corrected chi connectivity index (χ4v) is 2.31. The van der Waals surface area contributed by atoms with Gasteiger partial charge in [-0.15, -0.1) is 0 Å².